The smallest absolute Gasteiger partial charge is 0.246 e. The third-order valence-electron chi connectivity index (χ3n) is 5.73. The molecular weight excluding hydrogens is 420 g/mol. The van der Waals surface area contributed by atoms with Gasteiger partial charge in [0, 0.05) is 23.8 Å². The second-order valence-electron chi connectivity index (χ2n) is 7.89. The Bertz CT molecular complexity index is 1400. The third-order valence-corrected chi connectivity index (χ3v) is 5.73. The molecule has 8 nitrogen and oxygen atoms in total. The lowest BCUT2D eigenvalue weighted by molar-refractivity contribution is -0.548. The van der Waals surface area contributed by atoms with Crippen LogP contribution in [0.15, 0.2) is 54.6 Å². The van der Waals surface area contributed by atoms with Crippen LogP contribution in [0.1, 0.15) is 26.2 Å². The van der Waals surface area contributed by atoms with Crippen molar-refractivity contribution >= 4 is 33.1 Å². The van der Waals surface area contributed by atoms with Crippen molar-refractivity contribution in [2.75, 3.05) is 13.7 Å². The number of hydrogen-bond donors (Lipinski definition) is 1. The quantitative estimate of drug-likeness (QED) is 0.127. The predicted octanol–water partition coefficient (Wildman–Crippen LogP) is 4.85. The highest BCUT2D eigenvalue weighted by molar-refractivity contribution is 5.93. The van der Waals surface area contributed by atoms with Gasteiger partial charge >= 0.3 is 0 Å². The lowest BCUT2D eigenvalue weighted by atomic mass is 10.2. The van der Waals surface area contributed by atoms with Gasteiger partial charge in [0.1, 0.15) is 0 Å². The van der Waals surface area contributed by atoms with E-state index in [2.05, 4.69) is 16.9 Å². The molecule has 0 aliphatic carbocycles. The van der Waals surface area contributed by atoms with Crippen molar-refractivity contribution in [1.82, 2.24) is 14.7 Å². The Morgan fingerprint density at radius 3 is 2.52 bits per heavy atom. The topological polar surface area (TPSA) is 96.3 Å². The molecule has 0 unspecified atom stereocenters. The van der Waals surface area contributed by atoms with Gasteiger partial charge in [0.25, 0.3) is 0 Å². The molecule has 0 radical (unpaired) electrons. The van der Waals surface area contributed by atoms with Gasteiger partial charge in [0.05, 0.1) is 24.8 Å². The summed E-state index contributed by atoms with van der Waals surface area (Å²) in [4.78, 5) is 9.26. The summed E-state index contributed by atoms with van der Waals surface area (Å²) in [5, 5.41) is 23.6. The van der Waals surface area contributed by atoms with Crippen LogP contribution in [0.4, 0.5) is 0 Å². The van der Waals surface area contributed by atoms with Gasteiger partial charge < -0.3 is 19.9 Å². The number of unbranched alkanes of at least 4 members (excludes halogenated alkanes) is 2. The van der Waals surface area contributed by atoms with Crippen molar-refractivity contribution in [2.45, 2.75) is 26.2 Å². The minimum Gasteiger partial charge on any atom is -0.618 e. The van der Waals surface area contributed by atoms with Crippen LogP contribution in [0.25, 0.3) is 44.5 Å². The molecule has 0 saturated carbocycles. The zero-order valence-electron chi connectivity index (χ0n) is 18.5. The first-order valence-electron chi connectivity index (χ1n) is 11.0. The molecule has 0 aliphatic rings. The molecule has 0 spiro atoms. The van der Waals surface area contributed by atoms with Crippen molar-refractivity contribution in [3.05, 3.63) is 59.8 Å². The fourth-order valence-corrected chi connectivity index (χ4v) is 3.98. The number of benzene rings is 3. The highest BCUT2D eigenvalue weighted by Crippen LogP contribution is 2.33. The summed E-state index contributed by atoms with van der Waals surface area (Å²) in [6.07, 6.45) is 3.25. The van der Waals surface area contributed by atoms with Crippen molar-refractivity contribution in [1.29, 1.82) is 0 Å². The van der Waals surface area contributed by atoms with Crippen LogP contribution in [0.2, 0.25) is 0 Å². The van der Waals surface area contributed by atoms with Gasteiger partial charge in [-0.2, -0.15) is 9.46 Å². The minimum atomic E-state index is 0.309. The molecule has 5 rings (SSSR count). The van der Waals surface area contributed by atoms with Crippen LogP contribution in [0, 0.1) is 5.21 Å². The fraction of sp³-hybridized carbons (Fsp3) is 0.240. The summed E-state index contributed by atoms with van der Waals surface area (Å²) in [6.45, 7) is 2.79. The number of para-hydroxylation sites is 2. The van der Waals surface area contributed by atoms with E-state index in [-0.39, 0.29) is 0 Å². The first-order chi connectivity index (χ1) is 16.1. The summed E-state index contributed by atoms with van der Waals surface area (Å²) in [6, 6.07) is 15.8. The molecule has 0 saturated heterocycles. The average Bonchev–Trinajstić information content (AvgIpc) is 3.27. The van der Waals surface area contributed by atoms with E-state index in [1.165, 1.54) is 0 Å². The van der Waals surface area contributed by atoms with Crippen molar-refractivity contribution in [2.24, 2.45) is 0 Å². The van der Waals surface area contributed by atoms with Crippen LogP contribution >= 0.6 is 0 Å². The molecular formula is C25H24N4O4. The van der Waals surface area contributed by atoms with E-state index in [0.29, 0.717) is 57.0 Å². The maximum absolute atomic E-state index is 12.9. The Labute approximate surface area is 190 Å². The molecule has 168 valence electrons. The van der Waals surface area contributed by atoms with E-state index in [9.17, 15) is 10.4 Å². The SMILES string of the molecule is CCCCCOc1ccc(-c2nc3cc4c(cc3n2)[n+]([O-])c2ccccc2n4O)cc1OC. The molecule has 1 N–H and O–H groups in total. The van der Waals surface area contributed by atoms with Gasteiger partial charge in [-0.05, 0) is 30.7 Å². The van der Waals surface area contributed by atoms with Gasteiger partial charge in [-0.25, -0.2) is 9.97 Å². The number of imidazole rings is 1. The first kappa shape index (κ1) is 20.8. The molecule has 2 heterocycles. The summed E-state index contributed by atoms with van der Waals surface area (Å²) in [7, 11) is 1.60. The van der Waals surface area contributed by atoms with Crippen LogP contribution in [0.5, 0.6) is 11.5 Å². The number of aromatic nitrogens is 4. The molecule has 0 bridgehead atoms. The fourth-order valence-electron chi connectivity index (χ4n) is 3.98. The Morgan fingerprint density at radius 1 is 0.939 bits per heavy atom. The number of fused-ring (bicyclic) bond motifs is 3. The van der Waals surface area contributed by atoms with Crippen molar-refractivity contribution in [3.8, 4) is 22.9 Å². The van der Waals surface area contributed by atoms with Gasteiger partial charge in [-0.3, -0.25) is 0 Å². The van der Waals surface area contributed by atoms with Gasteiger partial charge in [0.2, 0.25) is 11.0 Å². The highest BCUT2D eigenvalue weighted by atomic mass is 16.5. The van der Waals surface area contributed by atoms with E-state index in [0.717, 1.165) is 34.3 Å². The Kier molecular flexibility index (Phi) is 5.34. The van der Waals surface area contributed by atoms with E-state index >= 15 is 0 Å². The molecule has 0 aliphatic heterocycles. The largest absolute Gasteiger partial charge is 0.618 e. The second-order valence-corrected chi connectivity index (χ2v) is 7.89. The number of rotatable bonds is 7. The molecule has 5 aromatic rings. The van der Waals surface area contributed by atoms with Gasteiger partial charge in [-0.1, -0.05) is 31.9 Å². The van der Waals surface area contributed by atoms with Crippen LogP contribution in [-0.2, 0) is 0 Å². The lowest BCUT2D eigenvalue weighted by Gasteiger charge is -2.11. The van der Waals surface area contributed by atoms with E-state index < -0.39 is 0 Å². The molecule has 0 atom stereocenters. The Hall–Kier alpha value is -4.07. The van der Waals surface area contributed by atoms with Gasteiger partial charge in [-0.15, -0.1) is 0 Å². The number of methoxy groups -OCH3 is 1. The summed E-state index contributed by atoms with van der Waals surface area (Å²) >= 11 is 0. The molecule has 3 aromatic carbocycles. The number of nitrogens with zero attached hydrogens (tertiary/aromatic N) is 4. The second kappa shape index (κ2) is 8.46. The van der Waals surface area contributed by atoms with Crippen LogP contribution in [-0.4, -0.2) is 33.6 Å². The maximum Gasteiger partial charge on any atom is 0.246 e. The predicted molar refractivity (Wildman–Crippen MR) is 126 cm³/mol. The van der Waals surface area contributed by atoms with Crippen molar-refractivity contribution < 1.29 is 19.4 Å². The normalized spacial score (nSPS) is 11.5. The van der Waals surface area contributed by atoms with Crippen LogP contribution < -0.4 is 14.2 Å². The Morgan fingerprint density at radius 2 is 1.73 bits per heavy atom. The third kappa shape index (κ3) is 3.63. The van der Waals surface area contributed by atoms with Crippen LogP contribution in [0.3, 0.4) is 0 Å². The molecule has 0 amide bonds. The summed E-state index contributed by atoms with van der Waals surface area (Å²) in [5.41, 5.74) is 3.36. The monoisotopic (exact) mass is 444 g/mol. The zero-order chi connectivity index (χ0) is 22.9. The Balaban J connectivity index is 1.57. The molecule has 8 heteroatoms. The summed E-state index contributed by atoms with van der Waals surface area (Å²) in [5.74, 6) is 1.79. The molecule has 0 fully saturated rings. The van der Waals surface area contributed by atoms with E-state index in [1.807, 2.05) is 18.2 Å². The zero-order valence-corrected chi connectivity index (χ0v) is 18.5. The first-order valence-corrected chi connectivity index (χ1v) is 11.0. The summed E-state index contributed by atoms with van der Waals surface area (Å²) < 4.78 is 13.2. The molecule has 2 aromatic heterocycles. The average molecular weight is 444 g/mol. The number of ether oxygens (including phenoxy) is 2. The maximum atomic E-state index is 12.9. The highest BCUT2D eigenvalue weighted by Gasteiger charge is 2.19. The lowest BCUT2D eigenvalue weighted by Crippen LogP contribution is -2.30. The minimum absolute atomic E-state index is 0.309. The number of hydrogen-bond acceptors (Lipinski definition) is 6. The van der Waals surface area contributed by atoms with E-state index in [4.69, 9.17) is 9.47 Å². The van der Waals surface area contributed by atoms with Gasteiger partial charge in [0.15, 0.2) is 28.4 Å². The molecule has 33 heavy (non-hydrogen) atoms. The standard InChI is InChI=1S/C25H24N4O4/c1-3-4-7-12-33-23-11-10-16(13-24(23)32-2)25-26-17-14-21-22(15-18(17)27-25)29(31)20-9-6-5-8-19(20)28(21)30/h5-6,8-11,13-15,30H,3-4,7,12H2,1-2H3. The van der Waals surface area contributed by atoms with E-state index in [1.54, 1.807) is 43.5 Å². The van der Waals surface area contributed by atoms with Crippen molar-refractivity contribution in [3.63, 3.8) is 0 Å².